The van der Waals surface area contributed by atoms with Gasteiger partial charge in [0.1, 0.15) is 11.6 Å². The highest BCUT2D eigenvalue weighted by molar-refractivity contribution is 6.31. The van der Waals surface area contributed by atoms with Crippen LogP contribution in [0.2, 0.25) is 5.02 Å². The maximum Gasteiger partial charge on any atom is 0.141 e. The largest absolute Gasteiger partial charge is 0.340 e. The fourth-order valence-corrected chi connectivity index (χ4v) is 2.03. The highest BCUT2D eigenvalue weighted by Gasteiger charge is 2.08. The summed E-state index contributed by atoms with van der Waals surface area (Å²) in [5.74, 6) is 0.199. The van der Waals surface area contributed by atoms with Gasteiger partial charge in [-0.2, -0.15) is 5.10 Å². The Labute approximate surface area is 119 Å². The summed E-state index contributed by atoms with van der Waals surface area (Å²) >= 11 is 5.77. The Kier molecular flexibility index (Phi) is 3.35. The molecule has 0 atom stereocenters. The molecule has 2 heterocycles. The van der Waals surface area contributed by atoms with E-state index in [-0.39, 0.29) is 5.02 Å². The minimum Gasteiger partial charge on any atom is -0.340 e. The van der Waals surface area contributed by atoms with Gasteiger partial charge < -0.3 is 5.32 Å². The lowest BCUT2D eigenvalue weighted by molar-refractivity contribution is 0.628. The van der Waals surface area contributed by atoms with E-state index in [1.807, 2.05) is 12.1 Å². The zero-order valence-electron chi connectivity index (χ0n) is 10.3. The Bertz CT molecular complexity index is 728. The lowest BCUT2D eigenvalue weighted by atomic mass is 10.1. The van der Waals surface area contributed by atoms with Crippen molar-refractivity contribution < 1.29 is 4.39 Å². The molecule has 0 unspecified atom stereocenters. The van der Waals surface area contributed by atoms with Gasteiger partial charge in [0.2, 0.25) is 0 Å². The van der Waals surface area contributed by atoms with Gasteiger partial charge in [0.05, 0.1) is 11.2 Å². The van der Waals surface area contributed by atoms with E-state index in [2.05, 4.69) is 20.5 Å². The average molecular weight is 289 g/mol. The number of hydrogen-bond acceptors (Lipinski definition) is 3. The van der Waals surface area contributed by atoms with Crippen molar-refractivity contribution in [1.82, 2.24) is 15.2 Å². The van der Waals surface area contributed by atoms with Crippen molar-refractivity contribution in [1.29, 1.82) is 0 Å². The van der Waals surface area contributed by atoms with E-state index >= 15 is 0 Å². The third-order valence-electron chi connectivity index (χ3n) is 2.80. The number of halogens is 2. The van der Waals surface area contributed by atoms with Crippen molar-refractivity contribution in [3.05, 3.63) is 59.8 Å². The van der Waals surface area contributed by atoms with Crippen molar-refractivity contribution in [3.63, 3.8) is 0 Å². The number of hydrogen-bond donors (Lipinski definition) is 2. The average Bonchev–Trinajstić information content (AvgIpc) is 2.97. The van der Waals surface area contributed by atoms with Gasteiger partial charge in [-0.05, 0) is 30.3 Å². The first-order valence-electron chi connectivity index (χ1n) is 5.90. The monoisotopic (exact) mass is 288 g/mol. The van der Waals surface area contributed by atoms with Crippen LogP contribution < -0.4 is 5.32 Å². The molecule has 0 fully saturated rings. The number of benzene rings is 1. The van der Waals surface area contributed by atoms with E-state index in [1.165, 1.54) is 12.1 Å². The summed E-state index contributed by atoms with van der Waals surface area (Å²) in [6, 6.07) is 8.20. The van der Waals surface area contributed by atoms with Crippen LogP contribution >= 0.6 is 11.6 Å². The molecule has 2 aromatic heterocycles. The number of nitrogens with zero attached hydrogens (tertiary/aromatic N) is 2. The maximum absolute atomic E-state index is 13.2. The van der Waals surface area contributed by atoms with E-state index in [4.69, 9.17) is 11.6 Å². The summed E-state index contributed by atoms with van der Waals surface area (Å²) in [6.07, 6.45) is 5.16. The van der Waals surface area contributed by atoms with Crippen LogP contribution in [0.4, 0.5) is 15.9 Å². The van der Waals surface area contributed by atoms with Crippen LogP contribution in [0.1, 0.15) is 0 Å². The second kappa shape index (κ2) is 5.30. The molecule has 0 saturated carbocycles. The van der Waals surface area contributed by atoms with Gasteiger partial charge in [-0.25, -0.2) is 9.37 Å². The molecule has 2 N–H and O–H groups in total. The second-order valence-corrected chi connectivity index (χ2v) is 4.55. The summed E-state index contributed by atoms with van der Waals surface area (Å²) in [7, 11) is 0. The molecule has 6 heteroatoms. The molecule has 0 bridgehead atoms. The van der Waals surface area contributed by atoms with E-state index < -0.39 is 5.82 Å². The van der Waals surface area contributed by atoms with E-state index in [1.54, 1.807) is 24.7 Å². The van der Waals surface area contributed by atoms with Crippen LogP contribution in [-0.4, -0.2) is 15.2 Å². The van der Waals surface area contributed by atoms with Crippen LogP contribution in [0.3, 0.4) is 0 Å². The minimum absolute atomic E-state index is 0.0655. The van der Waals surface area contributed by atoms with Gasteiger partial charge in [0.15, 0.2) is 0 Å². The van der Waals surface area contributed by atoms with Crippen molar-refractivity contribution in [3.8, 4) is 11.1 Å². The van der Waals surface area contributed by atoms with E-state index in [9.17, 15) is 4.39 Å². The number of H-pyrrole nitrogens is 1. The van der Waals surface area contributed by atoms with Crippen LogP contribution in [0.5, 0.6) is 0 Å². The smallest absolute Gasteiger partial charge is 0.141 e. The normalized spacial score (nSPS) is 10.5. The lowest BCUT2D eigenvalue weighted by Crippen LogP contribution is -1.96. The Morgan fingerprint density at radius 2 is 2.15 bits per heavy atom. The number of aromatic nitrogens is 3. The predicted octanol–water partition coefficient (Wildman–Crippen LogP) is 4.01. The van der Waals surface area contributed by atoms with Crippen molar-refractivity contribution in [2.24, 2.45) is 0 Å². The number of anilines is 2. The van der Waals surface area contributed by atoms with Gasteiger partial charge in [-0.3, -0.25) is 5.10 Å². The van der Waals surface area contributed by atoms with Crippen LogP contribution in [0.15, 0.2) is 48.9 Å². The molecule has 0 aliphatic heterocycles. The van der Waals surface area contributed by atoms with Gasteiger partial charge in [-0.15, -0.1) is 0 Å². The summed E-state index contributed by atoms with van der Waals surface area (Å²) in [5, 5.41) is 9.87. The highest BCUT2D eigenvalue weighted by atomic mass is 35.5. The maximum atomic E-state index is 13.2. The predicted molar refractivity (Wildman–Crippen MR) is 76.5 cm³/mol. The second-order valence-electron chi connectivity index (χ2n) is 4.14. The molecule has 0 saturated heterocycles. The molecule has 20 heavy (non-hydrogen) atoms. The lowest BCUT2D eigenvalue weighted by Gasteiger charge is -2.10. The summed E-state index contributed by atoms with van der Waals surface area (Å²) < 4.78 is 13.2. The first-order valence-corrected chi connectivity index (χ1v) is 6.28. The number of aromatic amines is 1. The topological polar surface area (TPSA) is 53.6 Å². The molecular weight excluding hydrogens is 279 g/mol. The summed E-state index contributed by atoms with van der Waals surface area (Å²) in [5.41, 5.74) is 2.47. The SMILES string of the molecule is Fc1ccc(Nc2ncccc2-c2cn[nH]c2)cc1Cl. The molecule has 3 rings (SSSR count). The molecule has 100 valence electrons. The fourth-order valence-electron chi connectivity index (χ4n) is 1.85. The Balaban J connectivity index is 1.97. The molecule has 3 aromatic rings. The van der Waals surface area contributed by atoms with Gasteiger partial charge >= 0.3 is 0 Å². The Hall–Kier alpha value is -2.40. The Morgan fingerprint density at radius 3 is 2.90 bits per heavy atom. The summed E-state index contributed by atoms with van der Waals surface area (Å²) in [6.45, 7) is 0. The fraction of sp³-hybridized carbons (Fsp3) is 0. The first-order chi connectivity index (χ1) is 9.74. The van der Waals surface area contributed by atoms with Crippen LogP contribution in [0, 0.1) is 5.82 Å². The number of pyridine rings is 1. The molecular formula is C14H10ClFN4. The zero-order chi connectivity index (χ0) is 13.9. The van der Waals surface area contributed by atoms with Crippen molar-refractivity contribution in [2.45, 2.75) is 0 Å². The van der Waals surface area contributed by atoms with Gasteiger partial charge in [0.25, 0.3) is 0 Å². The standard InChI is InChI=1S/C14H10ClFN4/c15-12-6-10(3-4-13(12)16)20-14-11(2-1-5-17-14)9-7-18-19-8-9/h1-8H,(H,17,20)(H,18,19). The molecule has 0 spiro atoms. The molecule has 0 aliphatic carbocycles. The van der Waals surface area contributed by atoms with Crippen molar-refractivity contribution >= 4 is 23.1 Å². The molecule has 0 aliphatic rings. The third-order valence-corrected chi connectivity index (χ3v) is 3.09. The molecule has 0 amide bonds. The van der Waals surface area contributed by atoms with Crippen LogP contribution in [-0.2, 0) is 0 Å². The molecule has 4 nitrogen and oxygen atoms in total. The quantitative estimate of drug-likeness (QED) is 0.766. The summed E-state index contributed by atoms with van der Waals surface area (Å²) in [4.78, 5) is 4.29. The zero-order valence-corrected chi connectivity index (χ0v) is 11.0. The van der Waals surface area contributed by atoms with Gasteiger partial charge in [0, 0.05) is 29.2 Å². The van der Waals surface area contributed by atoms with Crippen molar-refractivity contribution in [2.75, 3.05) is 5.32 Å². The molecule has 0 radical (unpaired) electrons. The number of nitrogens with one attached hydrogen (secondary N) is 2. The highest BCUT2D eigenvalue weighted by Crippen LogP contribution is 2.28. The molecule has 1 aromatic carbocycles. The van der Waals surface area contributed by atoms with E-state index in [0.29, 0.717) is 11.5 Å². The third kappa shape index (κ3) is 2.48. The first kappa shape index (κ1) is 12.6. The van der Waals surface area contributed by atoms with E-state index in [0.717, 1.165) is 11.1 Å². The Morgan fingerprint density at radius 1 is 1.25 bits per heavy atom. The van der Waals surface area contributed by atoms with Crippen LogP contribution in [0.25, 0.3) is 11.1 Å². The minimum atomic E-state index is -0.451. The number of rotatable bonds is 3. The van der Waals surface area contributed by atoms with Gasteiger partial charge in [-0.1, -0.05) is 11.6 Å².